The number of amides is 1. The second-order valence-electron chi connectivity index (χ2n) is 7.42. The molecule has 0 aromatic carbocycles. The largest absolute Gasteiger partial charge is 0.366 e. The first-order valence-corrected chi connectivity index (χ1v) is 7.57. The summed E-state index contributed by atoms with van der Waals surface area (Å²) < 4.78 is 5.70. The maximum atomic E-state index is 12.1. The van der Waals surface area contributed by atoms with Crippen LogP contribution in [0.2, 0.25) is 0 Å². The van der Waals surface area contributed by atoms with E-state index in [1.165, 1.54) is 0 Å². The van der Waals surface area contributed by atoms with Gasteiger partial charge in [0.2, 0.25) is 5.91 Å². The van der Waals surface area contributed by atoms with Gasteiger partial charge in [-0.2, -0.15) is 0 Å². The molecule has 0 radical (unpaired) electrons. The lowest BCUT2D eigenvalue weighted by atomic mass is 9.75. The van der Waals surface area contributed by atoms with Crippen molar-refractivity contribution in [1.82, 2.24) is 4.90 Å². The van der Waals surface area contributed by atoms with Crippen molar-refractivity contribution in [2.45, 2.75) is 66.4 Å². The molecule has 0 atom stereocenters. The van der Waals surface area contributed by atoms with Crippen LogP contribution in [0.15, 0.2) is 0 Å². The lowest BCUT2D eigenvalue weighted by Gasteiger charge is -2.39. The van der Waals surface area contributed by atoms with Gasteiger partial charge in [0, 0.05) is 13.1 Å². The molecular weight excluding hydrogens is 238 g/mol. The zero-order chi connectivity index (χ0) is 14.7. The molecule has 1 aliphatic rings. The van der Waals surface area contributed by atoms with Gasteiger partial charge in [0.25, 0.3) is 0 Å². The topological polar surface area (TPSA) is 29.5 Å². The summed E-state index contributed by atoms with van der Waals surface area (Å²) in [6.07, 6.45) is 3.16. The summed E-state index contributed by atoms with van der Waals surface area (Å²) in [5.74, 6) is 0.874. The third-order valence-electron chi connectivity index (χ3n) is 4.51. The maximum absolute atomic E-state index is 12.1. The fraction of sp³-hybridized carbons (Fsp3) is 0.938. The first-order chi connectivity index (χ1) is 8.65. The highest BCUT2D eigenvalue weighted by molar-refractivity contribution is 5.77. The van der Waals surface area contributed by atoms with Gasteiger partial charge in [0.15, 0.2) is 0 Å². The van der Waals surface area contributed by atoms with Crippen molar-refractivity contribution >= 4 is 5.91 Å². The average Bonchev–Trinajstić information content (AvgIpc) is 2.35. The fourth-order valence-electron chi connectivity index (χ4n) is 2.45. The van der Waals surface area contributed by atoms with Crippen molar-refractivity contribution in [1.29, 1.82) is 0 Å². The molecule has 3 nitrogen and oxygen atoms in total. The summed E-state index contributed by atoms with van der Waals surface area (Å²) >= 11 is 0. The van der Waals surface area contributed by atoms with Gasteiger partial charge in [0.05, 0.1) is 5.60 Å². The van der Waals surface area contributed by atoms with E-state index in [1.54, 1.807) is 0 Å². The first kappa shape index (κ1) is 16.5. The number of piperidine rings is 1. The van der Waals surface area contributed by atoms with Crippen LogP contribution in [0.5, 0.6) is 0 Å². The second kappa shape index (κ2) is 6.25. The van der Waals surface area contributed by atoms with E-state index >= 15 is 0 Å². The van der Waals surface area contributed by atoms with Gasteiger partial charge in [-0.05, 0) is 44.4 Å². The molecule has 0 spiro atoms. The molecule has 0 bridgehead atoms. The molecule has 1 fully saturated rings. The number of hydrogen-bond donors (Lipinski definition) is 0. The summed E-state index contributed by atoms with van der Waals surface area (Å²) in [4.78, 5) is 14.1. The number of nitrogens with zero attached hydrogens (tertiary/aromatic N) is 1. The predicted octanol–water partition coefficient (Wildman–Crippen LogP) is 3.48. The van der Waals surface area contributed by atoms with Crippen LogP contribution < -0.4 is 0 Å². The lowest BCUT2D eigenvalue weighted by molar-refractivity contribution is -0.143. The highest BCUT2D eigenvalue weighted by Crippen LogP contribution is 2.34. The zero-order valence-electron chi connectivity index (χ0n) is 13.6. The van der Waals surface area contributed by atoms with Crippen LogP contribution in [0.3, 0.4) is 0 Å². The maximum Gasteiger partial charge on any atom is 0.248 e. The van der Waals surface area contributed by atoms with Crippen LogP contribution in [0.4, 0.5) is 0 Å². The highest BCUT2D eigenvalue weighted by Gasteiger charge is 2.30. The second-order valence-corrected chi connectivity index (χ2v) is 7.42. The molecule has 0 aromatic rings. The molecule has 0 saturated carbocycles. The van der Waals surface area contributed by atoms with E-state index in [0.717, 1.165) is 38.3 Å². The molecule has 1 rings (SSSR count). The molecule has 3 heteroatoms. The number of rotatable bonds is 4. The zero-order valence-corrected chi connectivity index (χ0v) is 13.6. The van der Waals surface area contributed by atoms with Gasteiger partial charge in [-0.25, -0.2) is 0 Å². The van der Waals surface area contributed by atoms with E-state index in [4.69, 9.17) is 4.74 Å². The van der Waals surface area contributed by atoms with Gasteiger partial charge in [-0.15, -0.1) is 0 Å². The Hall–Kier alpha value is -0.570. The van der Waals surface area contributed by atoms with Crippen molar-refractivity contribution in [2.24, 2.45) is 11.3 Å². The standard InChI is InChI=1S/C16H31NO2/c1-7-16(5,6)19-12-14(18)17-10-8-13(9-11-17)15(2,3)4/h13H,7-12H2,1-6H3. The quantitative estimate of drug-likeness (QED) is 0.782. The van der Waals surface area contributed by atoms with Gasteiger partial charge in [-0.1, -0.05) is 27.7 Å². The van der Waals surface area contributed by atoms with E-state index in [1.807, 2.05) is 18.7 Å². The van der Waals surface area contributed by atoms with E-state index < -0.39 is 0 Å². The summed E-state index contributed by atoms with van der Waals surface area (Å²) in [6.45, 7) is 15.0. The number of carbonyl (C=O) groups is 1. The summed E-state index contributed by atoms with van der Waals surface area (Å²) in [7, 11) is 0. The van der Waals surface area contributed by atoms with E-state index in [9.17, 15) is 4.79 Å². The van der Waals surface area contributed by atoms with Gasteiger partial charge < -0.3 is 9.64 Å². The predicted molar refractivity (Wildman–Crippen MR) is 79.1 cm³/mol. The van der Waals surface area contributed by atoms with Crippen molar-refractivity contribution in [3.63, 3.8) is 0 Å². The number of likely N-dealkylation sites (tertiary alicyclic amines) is 1. The molecule has 1 heterocycles. The SMILES string of the molecule is CCC(C)(C)OCC(=O)N1CCC(C(C)(C)C)CC1. The Labute approximate surface area is 118 Å². The Bertz CT molecular complexity index is 296. The Morgan fingerprint density at radius 2 is 1.68 bits per heavy atom. The minimum atomic E-state index is -0.195. The molecule has 0 aliphatic carbocycles. The van der Waals surface area contributed by atoms with Gasteiger partial charge in [0.1, 0.15) is 6.61 Å². The van der Waals surface area contributed by atoms with Crippen LogP contribution in [-0.4, -0.2) is 36.1 Å². The van der Waals surface area contributed by atoms with Crippen molar-refractivity contribution < 1.29 is 9.53 Å². The van der Waals surface area contributed by atoms with Crippen molar-refractivity contribution in [3.8, 4) is 0 Å². The fourth-order valence-corrected chi connectivity index (χ4v) is 2.45. The monoisotopic (exact) mass is 269 g/mol. The molecule has 0 unspecified atom stereocenters. The van der Waals surface area contributed by atoms with Crippen LogP contribution in [0.25, 0.3) is 0 Å². The first-order valence-electron chi connectivity index (χ1n) is 7.57. The lowest BCUT2D eigenvalue weighted by Crippen LogP contribution is -2.43. The summed E-state index contributed by atoms with van der Waals surface area (Å²) in [5.41, 5.74) is 0.162. The van der Waals surface area contributed by atoms with E-state index in [-0.39, 0.29) is 18.1 Å². The Morgan fingerprint density at radius 1 is 1.16 bits per heavy atom. The normalized spacial score (nSPS) is 18.7. The Kier molecular flexibility index (Phi) is 5.43. The van der Waals surface area contributed by atoms with Crippen molar-refractivity contribution in [3.05, 3.63) is 0 Å². The smallest absolute Gasteiger partial charge is 0.248 e. The Balaban J connectivity index is 2.37. The van der Waals surface area contributed by atoms with Crippen LogP contribution in [0, 0.1) is 11.3 Å². The third-order valence-corrected chi connectivity index (χ3v) is 4.51. The number of carbonyl (C=O) groups excluding carboxylic acids is 1. The molecule has 1 amide bonds. The summed E-state index contributed by atoms with van der Waals surface area (Å²) in [6, 6.07) is 0. The highest BCUT2D eigenvalue weighted by atomic mass is 16.5. The van der Waals surface area contributed by atoms with Gasteiger partial charge in [-0.3, -0.25) is 4.79 Å². The number of ether oxygens (including phenoxy) is 1. The summed E-state index contributed by atoms with van der Waals surface area (Å²) in [5, 5.41) is 0. The minimum absolute atomic E-state index is 0.147. The number of hydrogen-bond acceptors (Lipinski definition) is 2. The van der Waals surface area contributed by atoms with E-state index in [2.05, 4.69) is 27.7 Å². The third kappa shape index (κ3) is 5.13. The molecule has 112 valence electrons. The van der Waals surface area contributed by atoms with E-state index in [0.29, 0.717) is 5.41 Å². The Morgan fingerprint density at radius 3 is 2.11 bits per heavy atom. The molecule has 19 heavy (non-hydrogen) atoms. The molecule has 0 N–H and O–H groups in total. The van der Waals surface area contributed by atoms with Gasteiger partial charge >= 0.3 is 0 Å². The molecular formula is C16H31NO2. The van der Waals surface area contributed by atoms with Crippen LogP contribution in [0.1, 0.15) is 60.8 Å². The molecule has 1 aliphatic heterocycles. The molecule has 0 aromatic heterocycles. The average molecular weight is 269 g/mol. The minimum Gasteiger partial charge on any atom is -0.366 e. The molecule has 1 saturated heterocycles. The van der Waals surface area contributed by atoms with Crippen LogP contribution in [-0.2, 0) is 9.53 Å². The van der Waals surface area contributed by atoms with Crippen molar-refractivity contribution in [2.75, 3.05) is 19.7 Å². The van der Waals surface area contributed by atoms with Crippen LogP contribution >= 0.6 is 0 Å².